The Labute approximate surface area is 199 Å². The summed E-state index contributed by atoms with van der Waals surface area (Å²) in [6.07, 6.45) is 0.845. The number of hydrogen-bond donors (Lipinski definition) is 1. The summed E-state index contributed by atoms with van der Waals surface area (Å²) in [6, 6.07) is 35.6. The molecule has 0 saturated heterocycles. The number of ether oxygens (including phenoxy) is 1. The first-order valence-corrected chi connectivity index (χ1v) is 11.5. The van der Waals surface area contributed by atoms with Crippen molar-refractivity contribution in [2.24, 2.45) is 0 Å². The summed E-state index contributed by atoms with van der Waals surface area (Å²) >= 11 is 0. The van der Waals surface area contributed by atoms with E-state index in [1.807, 2.05) is 72.8 Å². The maximum atomic E-state index is 9.83. The Morgan fingerprint density at radius 2 is 1.41 bits per heavy atom. The van der Waals surface area contributed by atoms with Crippen molar-refractivity contribution >= 4 is 0 Å². The van der Waals surface area contributed by atoms with Crippen molar-refractivity contribution in [3.63, 3.8) is 0 Å². The van der Waals surface area contributed by atoms with Gasteiger partial charge in [-0.25, -0.2) is 0 Å². The highest BCUT2D eigenvalue weighted by Crippen LogP contribution is 2.34. The van der Waals surface area contributed by atoms with Crippen LogP contribution in [0.15, 0.2) is 109 Å². The Morgan fingerprint density at radius 3 is 2.12 bits per heavy atom. The van der Waals surface area contributed by atoms with Gasteiger partial charge in [0.25, 0.3) is 0 Å². The van der Waals surface area contributed by atoms with Crippen molar-refractivity contribution in [3.8, 4) is 39.8 Å². The van der Waals surface area contributed by atoms with E-state index in [0.717, 1.165) is 46.0 Å². The molecule has 0 amide bonds. The van der Waals surface area contributed by atoms with Gasteiger partial charge in [-0.1, -0.05) is 67.6 Å². The molecule has 1 aromatic heterocycles. The Morgan fingerprint density at radius 1 is 0.735 bits per heavy atom. The van der Waals surface area contributed by atoms with E-state index in [2.05, 4.69) is 35.9 Å². The van der Waals surface area contributed by atoms with Crippen LogP contribution in [0.25, 0.3) is 22.5 Å². The molecular weight excluding hydrogens is 420 g/mol. The minimum atomic E-state index is 0.252. The predicted molar refractivity (Wildman–Crippen MR) is 136 cm³/mol. The van der Waals surface area contributed by atoms with Crippen LogP contribution in [-0.4, -0.2) is 14.9 Å². The van der Waals surface area contributed by atoms with E-state index < -0.39 is 0 Å². The van der Waals surface area contributed by atoms with Gasteiger partial charge in [-0.05, 0) is 60.5 Å². The average Bonchev–Trinajstić information content (AvgIpc) is 3.24. The van der Waals surface area contributed by atoms with Crippen molar-refractivity contribution < 1.29 is 9.84 Å². The summed E-state index contributed by atoms with van der Waals surface area (Å²) in [6.45, 7) is 2.76. The van der Waals surface area contributed by atoms with E-state index in [4.69, 9.17) is 9.84 Å². The fourth-order valence-electron chi connectivity index (χ4n) is 4.22. The second-order valence-corrected chi connectivity index (χ2v) is 8.16. The van der Waals surface area contributed by atoms with Crippen LogP contribution in [-0.2, 0) is 13.0 Å². The van der Waals surface area contributed by atoms with E-state index in [1.54, 1.807) is 12.1 Å². The van der Waals surface area contributed by atoms with Gasteiger partial charge in [0.1, 0.15) is 17.2 Å². The third kappa shape index (κ3) is 4.57. The minimum Gasteiger partial charge on any atom is -0.508 e. The second kappa shape index (κ2) is 9.67. The van der Waals surface area contributed by atoms with Crippen LogP contribution >= 0.6 is 0 Å². The van der Waals surface area contributed by atoms with E-state index in [0.29, 0.717) is 6.54 Å². The molecule has 0 aliphatic heterocycles. The molecule has 1 heterocycles. The highest BCUT2D eigenvalue weighted by molar-refractivity contribution is 5.75. The first-order valence-electron chi connectivity index (χ1n) is 11.5. The zero-order chi connectivity index (χ0) is 23.3. The molecule has 5 rings (SSSR count). The van der Waals surface area contributed by atoms with Crippen molar-refractivity contribution in [1.82, 2.24) is 9.78 Å². The zero-order valence-electron chi connectivity index (χ0n) is 19.1. The standard InChI is InChI=1S/C30H26N2O2/c1-2-28-29(23-11-5-3-6-12-23)31-32(30(28)24-16-18-25(33)19-17-24)21-22-10-9-15-27(20-22)34-26-13-7-4-8-14-26/h3-20,33H,2,21H2,1H3. The summed E-state index contributed by atoms with van der Waals surface area (Å²) < 4.78 is 8.11. The fraction of sp³-hybridized carbons (Fsp3) is 0.100. The van der Waals surface area contributed by atoms with Gasteiger partial charge in [0.15, 0.2) is 0 Å². The third-order valence-electron chi connectivity index (χ3n) is 5.80. The van der Waals surface area contributed by atoms with E-state index in [9.17, 15) is 5.11 Å². The molecule has 4 aromatic carbocycles. The quantitative estimate of drug-likeness (QED) is 0.285. The highest BCUT2D eigenvalue weighted by Gasteiger charge is 2.19. The van der Waals surface area contributed by atoms with Gasteiger partial charge >= 0.3 is 0 Å². The maximum absolute atomic E-state index is 9.83. The molecule has 4 heteroatoms. The normalized spacial score (nSPS) is 10.9. The van der Waals surface area contributed by atoms with E-state index in [1.165, 1.54) is 5.56 Å². The number of phenolic OH excluding ortho intramolecular Hbond substituents is 1. The third-order valence-corrected chi connectivity index (χ3v) is 5.80. The van der Waals surface area contributed by atoms with Gasteiger partial charge in [-0.15, -0.1) is 0 Å². The number of para-hydroxylation sites is 1. The summed E-state index contributed by atoms with van der Waals surface area (Å²) in [4.78, 5) is 0. The monoisotopic (exact) mass is 446 g/mol. The van der Waals surface area contributed by atoms with Gasteiger partial charge in [-0.3, -0.25) is 4.68 Å². The first kappa shape index (κ1) is 21.5. The highest BCUT2D eigenvalue weighted by atomic mass is 16.5. The molecule has 5 aromatic rings. The van der Waals surface area contributed by atoms with E-state index in [-0.39, 0.29) is 5.75 Å². The van der Waals surface area contributed by atoms with Crippen LogP contribution in [0.4, 0.5) is 0 Å². The molecule has 0 bridgehead atoms. The second-order valence-electron chi connectivity index (χ2n) is 8.16. The van der Waals surface area contributed by atoms with Gasteiger partial charge in [0.2, 0.25) is 0 Å². The summed E-state index contributed by atoms with van der Waals surface area (Å²) in [5.41, 5.74) is 6.46. The number of rotatable bonds is 7. The van der Waals surface area contributed by atoms with Gasteiger partial charge < -0.3 is 9.84 Å². The Bertz CT molecular complexity index is 1380. The van der Waals surface area contributed by atoms with Crippen LogP contribution in [0.1, 0.15) is 18.1 Å². The molecule has 168 valence electrons. The van der Waals surface area contributed by atoms with Gasteiger partial charge in [-0.2, -0.15) is 5.10 Å². The predicted octanol–water partition coefficient (Wildman–Crippen LogP) is 7.33. The van der Waals surface area contributed by atoms with Crippen LogP contribution < -0.4 is 4.74 Å². The van der Waals surface area contributed by atoms with E-state index >= 15 is 0 Å². The molecule has 0 saturated carbocycles. The molecule has 1 N–H and O–H groups in total. The van der Waals surface area contributed by atoms with Crippen LogP contribution in [0, 0.1) is 0 Å². The zero-order valence-corrected chi connectivity index (χ0v) is 19.1. The molecule has 0 radical (unpaired) electrons. The Kier molecular flexibility index (Phi) is 6.13. The summed E-state index contributed by atoms with van der Waals surface area (Å²) in [7, 11) is 0. The van der Waals surface area contributed by atoms with Crippen molar-refractivity contribution in [1.29, 1.82) is 0 Å². The lowest BCUT2D eigenvalue weighted by molar-refractivity contribution is 0.475. The SMILES string of the molecule is CCc1c(-c2ccccc2)nn(Cc2cccc(Oc3ccccc3)c2)c1-c1ccc(O)cc1. The van der Waals surface area contributed by atoms with Crippen LogP contribution in [0.5, 0.6) is 17.2 Å². The molecule has 0 aliphatic rings. The summed E-state index contributed by atoms with van der Waals surface area (Å²) in [5, 5.41) is 14.9. The lowest BCUT2D eigenvalue weighted by Crippen LogP contribution is -2.04. The van der Waals surface area contributed by atoms with Crippen molar-refractivity contribution in [3.05, 3.63) is 120 Å². The minimum absolute atomic E-state index is 0.252. The Balaban J connectivity index is 1.56. The number of nitrogens with zero attached hydrogens (tertiary/aromatic N) is 2. The Hall–Kier alpha value is -4.31. The smallest absolute Gasteiger partial charge is 0.127 e. The lowest BCUT2D eigenvalue weighted by Gasteiger charge is -2.11. The fourth-order valence-corrected chi connectivity index (χ4v) is 4.22. The molecule has 34 heavy (non-hydrogen) atoms. The number of phenols is 1. The number of benzene rings is 4. The largest absolute Gasteiger partial charge is 0.508 e. The number of hydrogen-bond acceptors (Lipinski definition) is 3. The topological polar surface area (TPSA) is 47.3 Å². The number of aromatic nitrogens is 2. The number of aromatic hydroxyl groups is 1. The first-order chi connectivity index (χ1) is 16.7. The van der Waals surface area contributed by atoms with Crippen LogP contribution in [0.3, 0.4) is 0 Å². The molecule has 0 spiro atoms. The average molecular weight is 447 g/mol. The van der Waals surface area contributed by atoms with Crippen molar-refractivity contribution in [2.45, 2.75) is 19.9 Å². The molecule has 0 unspecified atom stereocenters. The summed E-state index contributed by atoms with van der Waals surface area (Å²) in [5.74, 6) is 1.85. The van der Waals surface area contributed by atoms with Gasteiger partial charge in [0.05, 0.1) is 17.9 Å². The molecule has 0 aliphatic carbocycles. The molecular formula is C30H26N2O2. The maximum Gasteiger partial charge on any atom is 0.127 e. The van der Waals surface area contributed by atoms with Gasteiger partial charge in [0, 0.05) is 16.7 Å². The van der Waals surface area contributed by atoms with Crippen molar-refractivity contribution in [2.75, 3.05) is 0 Å². The molecule has 0 atom stereocenters. The molecule has 4 nitrogen and oxygen atoms in total. The molecule has 0 fully saturated rings. The lowest BCUT2D eigenvalue weighted by atomic mass is 10.00. The van der Waals surface area contributed by atoms with Crippen LogP contribution in [0.2, 0.25) is 0 Å².